The van der Waals surface area contributed by atoms with E-state index in [-0.39, 0.29) is 23.3 Å². The van der Waals surface area contributed by atoms with E-state index in [0.29, 0.717) is 5.75 Å². The van der Waals surface area contributed by atoms with Crippen molar-refractivity contribution >= 4 is 11.6 Å². The highest BCUT2D eigenvalue weighted by Crippen LogP contribution is 2.34. The lowest BCUT2D eigenvalue weighted by Crippen LogP contribution is -2.51. The van der Waals surface area contributed by atoms with Crippen LogP contribution in [0.15, 0.2) is 39.9 Å². The van der Waals surface area contributed by atoms with Crippen LogP contribution in [0, 0.1) is 6.92 Å². The van der Waals surface area contributed by atoms with Crippen LogP contribution < -0.4 is 4.74 Å². The third-order valence-corrected chi connectivity index (χ3v) is 4.86. The number of carbonyl (C=O) groups is 1. The number of carbonyl (C=O) groups excluding carboxylic acids is 1. The SMILES string of the molecule is Cc1ccc(C(C)C)c(OCc2ccc(C(=O)N3N=C(C(F)F)C[C@@]3(O)C(F)F)o2)c1. The molecule has 0 saturated carbocycles. The number of furan rings is 1. The number of halogens is 4. The van der Waals surface area contributed by atoms with Crippen molar-refractivity contribution in [1.82, 2.24) is 5.01 Å². The Kier molecular flexibility index (Phi) is 6.40. The van der Waals surface area contributed by atoms with E-state index in [0.717, 1.165) is 11.1 Å². The number of hydrogen-bond donors (Lipinski definition) is 1. The fourth-order valence-corrected chi connectivity index (χ4v) is 3.17. The molecule has 1 aromatic carbocycles. The van der Waals surface area contributed by atoms with Gasteiger partial charge in [-0.25, -0.2) is 17.6 Å². The predicted octanol–water partition coefficient (Wildman–Crippen LogP) is 4.71. The Balaban J connectivity index is 1.78. The molecule has 1 aromatic heterocycles. The van der Waals surface area contributed by atoms with E-state index in [1.165, 1.54) is 12.1 Å². The van der Waals surface area contributed by atoms with Gasteiger partial charge in [0.25, 0.3) is 12.9 Å². The molecule has 168 valence electrons. The first-order chi connectivity index (χ1) is 14.5. The Morgan fingerprint density at radius 3 is 2.58 bits per heavy atom. The van der Waals surface area contributed by atoms with Gasteiger partial charge in [-0.05, 0) is 42.2 Å². The molecule has 1 amide bonds. The van der Waals surface area contributed by atoms with Crippen molar-refractivity contribution in [1.29, 1.82) is 0 Å². The Morgan fingerprint density at radius 1 is 1.26 bits per heavy atom. The van der Waals surface area contributed by atoms with E-state index in [2.05, 4.69) is 5.10 Å². The Bertz CT molecular complexity index is 990. The molecule has 0 spiro atoms. The van der Waals surface area contributed by atoms with E-state index < -0.39 is 42.4 Å². The second kappa shape index (κ2) is 8.70. The number of hydrazone groups is 1. The molecule has 1 aliphatic rings. The second-order valence-electron chi connectivity index (χ2n) is 7.62. The van der Waals surface area contributed by atoms with Gasteiger partial charge in [-0.3, -0.25) is 4.79 Å². The van der Waals surface area contributed by atoms with Gasteiger partial charge in [-0.15, -0.1) is 0 Å². The van der Waals surface area contributed by atoms with Crippen molar-refractivity contribution in [3.63, 3.8) is 0 Å². The average Bonchev–Trinajstić information content (AvgIpc) is 3.31. The number of aryl methyl sites for hydroxylation is 1. The van der Waals surface area contributed by atoms with Crippen LogP contribution in [0.1, 0.15) is 53.6 Å². The molecule has 0 saturated heterocycles. The quantitative estimate of drug-likeness (QED) is 0.630. The smallest absolute Gasteiger partial charge is 0.312 e. The molecule has 0 aliphatic carbocycles. The maximum Gasteiger partial charge on any atom is 0.312 e. The summed E-state index contributed by atoms with van der Waals surface area (Å²) in [5.41, 5.74) is -2.21. The number of hydrogen-bond acceptors (Lipinski definition) is 5. The second-order valence-corrected chi connectivity index (χ2v) is 7.62. The van der Waals surface area contributed by atoms with Gasteiger partial charge in [-0.2, -0.15) is 10.1 Å². The van der Waals surface area contributed by atoms with Crippen molar-refractivity contribution in [3.8, 4) is 5.75 Å². The Labute approximate surface area is 176 Å². The highest BCUT2D eigenvalue weighted by molar-refractivity contribution is 5.97. The summed E-state index contributed by atoms with van der Waals surface area (Å²) in [5, 5.41) is 13.3. The zero-order valence-electron chi connectivity index (χ0n) is 17.1. The van der Waals surface area contributed by atoms with Gasteiger partial charge in [0.15, 0.2) is 5.76 Å². The molecule has 1 aliphatic heterocycles. The highest BCUT2D eigenvalue weighted by atomic mass is 19.3. The molecule has 1 N–H and O–H groups in total. The van der Waals surface area contributed by atoms with Crippen LogP contribution in [0.25, 0.3) is 0 Å². The maximum absolute atomic E-state index is 13.3. The normalized spacial score (nSPS) is 18.9. The molecule has 3 rings (SSSR count). The summed E-state index contributed by atoms with van der Waals surface area (Å²) in [6, 6.07) is 8.34. The lowest BCUT2D eigenvalue weighted by Gasteiger charge is -2.29. The molecule has 1 atom stereocenters. The van der Waals surface area contributed by atoms with Crippen LogP contribution in [0.3, 0.4) is 0 Å². The standard InChI is InChI=1S/C21H22F4N2O4/c1-11(2)14-6-4-12(3)8-17(14)30-10-13-5-7-16(31-13)19(28)27-21(29,20(24)25)9-15(26-27)18(22)23/h4-8,11,18,20,29H,9-10H2,1-3H3/t21-/m1/s1. The number of alkyl halides is 4. The molecule has 0 unspecified atom stereocenters. The fourth-order valence-electron chi connectivity index (χ4n) is 3.17. The lowest BCUT2D eigenvalue weighted by molar-refractivity contribution is -0.164. The Hall–Kier alpha value is -2.88. The average molecular weight is 442 g/mol. The van der Waals surface area contributed by atoms with E-state index in [1.54, 1.807) is 0 Å². The van der Waals surface area contributed by atoms with Gasteiger partial charge in [0, 0.05) is 6.42 Å². The minimum atomic E-state index is -3.51. The van der Waals surface area contributed by atoms with Crippen LogP contribution in [-0.2, 0) is 6.61 Å². The summed E-state index contributed by atoms with van der Waals surface area (Å²) >= 11 is 0. The third-order valence-electron chi connectivity index (χ3n) is 4.86. The molecule has 10 heteroatoms. The summed E-state index contributed by atoms with van der Waals surface area (Å²) in [6.45, 7) is 5.88. The van der Waals surface area contributed by atoms with Gasteiger partial charge in [0.1, 0.15) is 23.8 Å². The summed E-state index contributed by atoms with van der Waals surface area (Å²) in [7, 11) is 0. The summed E-state index contributed by atoms with van der Waals surface area (Å²) in [5.74, 6) is -0.656. The Morgan fingerprint density at radius 2 is 1.97 bits per heavy atom. The largest absolute Gasteiger partial charge is 0.485 e. The van der Waals surface area contributed by atoms with Crippen LogP contribution >= 0.6 is 0 Å². The summed E-state index contributed by atoms with van der Waals surface area (Å²) in [6.07, 6.45) is -7.85. The van der Waals surface area contributed by atoms with Crippen LogP contribution in [0.4, 0.5) is 17.6 Å². The zero-order chi connectivity index (χ0) is 22.9. The van der Waals surface area contributed by atoms with Gasteiger partial charge in [0.2, 0.25) is 5.72 Å². The number of nitrogens with zero attached hydrogens (tertiary/aromatic N) is 2. The van der Waals surface area contributed by atoms with E-state index in [4.69, 9.17) is 9.15 Å². The van der Waals surface area contributed by atoms with Gasteiger partial charge in [-0.1, -0.05) is 26.0 Å². The zero-order valence-corrected chi connectivity index (χ0v) is 17.1. The van der Waals surface area contributed by atoms with E-state index in [9.17, 15) is 27.5 Å². The fraction of sp³-hybridized carbons (Fsp3) is 0.429. The van der Waals surface area contributed by atoms with Gasteiger partial charge in [0.05, 0.1) is 0 Å². The van der Waals surface area contributed by atoms with Crippen LogP contribution in [0.5, 0.6) is 5.75 Å². The first kappa shape index (κ1) is 22.8. The maximum atomic E-state index is 13.3. The molecule has 0 fully saturated rings. The van der Waals surface area contributed by atoms with Crippen molar-refractivity contribution in [2.24, 2.45) is 5.10 Å². The molecular formula is C21H22F4N2O4. The van der Waals surface area contributed by atoms with Crippen molar-refractivity contribution in [2.75, 3.05) is 0 Å². The monoisotopic (exact) mass is 442 g/mol. The first-order valence-electron chi connectivity index (χ1n) is 9.55. The minimum absolute atomic E-state index is 0.0416. The number of ether oxygens (including phenoxy) is 1. The van der Waals surface area contributed by atoms with Crippen LogP contribution in [0.2, 0.25) is 0 Å². The predicted molar refractivity (Wildman–Crippen MR) is 103 cm³/mol. The summed E-state index contributed by atoms with van der Waals surface area (Å²) < 4.78 is 63.6. The van der Waals surface area contributed by atoms with Crippen molar-refractivity contribution in [2.45, 2.75) is 58.3 Å². The number of aliphatic hydroxyl groups is 1. The topological polar surface area (TPSA) is 75.3 Å². The molecule has 0 radical (unpaired) electrons. The van der Waals surface area contributed by atoms with Gasteiger partial charge >= 0.3 is 5.91 Å². The van der Waals surface area contributed by atoms with Crippen molar-refractivity contribution < 1.29 is 36.6 Å². The molecule has 6 nitrogen and oxygen atoms in total. The van der Waals surface area contributed by atoms with E-state index in [1.807, 2.05) is 39.0 Å². The number of amides is 1. The minimum Gasteiger partial charge on any atom is -0.485 e. The number of rotatable bonds is 7. The number of benzene rings is 1. The third kappa shape index (κ3) is 4.58. The highest BCUT2D eigenvalue weighted by Gasteiger charge is 2.54. The molecule has 31 heavy (non-hydrogen) atoms. The molecule has 2 heterocycles. The molecular weight excluding hydrogens is 420 g/mol. The molecule has 0 bridgehead atoms. The lowest BCUT2D eigenvalue weighted by atomic mass is 10.0. The van der Waals surface area contributed by atoms with E-state index >= 15 is 0 Å². The van der Waals surface area contributed by atoms with Crippen LogP contribution in [-0.4, -0.2) is 40.3 Å². The van der Waals surface area contributed by atoms with Crippen molar-refractivity contribution in [3.05, 3.63) is 53.0 Å². The molecule has 2 aromatic rings. The van der Waals surface area contributed by atoms with Gasteiger partial charge < -0.3 is 14.3 Å². The summed E-state index contributed by atoms with van der Waals surface area (Å²) in [4.78, 5) is 12.6. The first-order valence-corrected chi connectivity index (χ1v) is 9.55.